The lowest BCUT2D eigenvalue weighted by Gasteiger charge is -2.34. The molecule has 10 heteroatoms. The Kier molecular flexibility index (Phi) is 6.27. The van der Waals surface area contributed by atoms with E-state index in [0.717, 1.165) is 15.1 Å². The van der Waals surface area contributed by atoms with Crippen LogP contribution in [0.5, 0.6) is 0 Å². The number of carbonyl (C=O) groups excluding carboxylic acids is 2. The summed E-state index contributed by atoms with van der Waals surface area (Å²) < 4.78 is 34.2. The maximum Gasteiger partial charge on any atom is 0.410 e. The molecular formula is C21H25ClF2N4O3. The summed E-state index contributed by atoms with van der Waals surface area (Å²) in [5.74, 6) is -0.828. The van der Waals surface area contributed by atoms with E-state index >= 15 is 0 Å². The van der Waals surface area contributed by atoms with Crippen LogP contribution in [0.3, 0.4) is 0 Å². The van der Waals surface area contributed by atoms with Crippen LogP contribution < -0.4 is 5.73 Å². The van der Waals surface area contributed by atoms with Gasteiger partial charge in [-0.05, 0) is 38.8 Å². The van der Waals surface area contributed by atoms with Crippen LogP contribution in [0.25, 0.3) is 11.3 Å². The van der Waals surface area contributed by atoms with Crippen LogP contribution in [0.2, 0.25) is 5.02 Å². The van der Waals surface area contributed by atoms with Crippen LogP contribution in [0, 0.1) is 0 Å². The summed E-state index contributed by atoms with van der Waals surface area (Å²) in [7, 11) is 0. The van der Waals surface area contributed by atoms with Crippen molar-refractivity contribution in [3.63, 3.8) is 0 Å². The van der Waals surface area contributed by atoms with Crippen molar-refractivity contribution in [2.75, 3.05) is 6.54 Å². The second-order valence-corrected chi connectivity index (χ2v) is 8.81. The molecule has 0 saturated heterocycles. The third kappa shape index (κ3) is 4.66. The first-order valence-electron chi connectivity index (χ1n) is 9.89. The van der Waals surface area contributed by atoms with Crippen molar-refractivity contribution in [3.05, 3.63) is 40.0 Å². The van der Waals surface area contributed by atoms with E-state index in [9.17, 15) is 18.4 Å². The van der Waals surface area contributed by atoms with E-state index < -0.39 is 30.1 Å². The molecule has 0 fully saturated rings. The molecule has 1 aliphatic rings. The number of halogens is 3. The molecule has 0 saturated carbocycles. The topological polar surface area (TPSA) is 90.5 Å². The Hall–Kier alpha value is -2.68. The molecule has 7 nitrogen and oxygen atoms in total. The van der Waals surface area contributed by atoms with E-state index in [2.05, 4.69) is 5.10 Å². The second kappa shape index (κ2) is 8.45. The summed E-state index contributed by atoms with van der Waals surface area (Å²) in [5.41, 5.74) is 6.47. The summed E-state index contributed by atoms with van der Waals surface area (Å²) >= 11 is 6.30. The number of aromatic nitrogens is 2. The van der Waals surface area contributed by atoms with Gasteiger partial charge in [0.1, 0.15) is 17.3 Å². The molecule has 2 heterocycles. The number of nitrogens with zero attached hydrogens (tertiary/aromatic N) is 3. The number of ether oxygens (including phenoxy) is 1. The van der Waals surface area contributed by atoms with Crippen LogP contribution in [0.1, 0.15) is 55.4 Å². The average molecular weight is 455 g/mol. The monoisotopic (exact) mass is 454 g/mol. The standard InChI is InChI=1S/C21H25ClF2N4O3/c1-5-11-6-7-12(8-13(11)22)17-16(19(25)29)14-9-27(20(30)31-21(2,3)4)10-15(18(23)24)28(14)26-17/h6-8,15,18H,5,9-10H2,1-4H3,(H2,25,29). The highest BCUT2D eigenvalue weighted by molar-refractivity contribution is 6.31. The number of fused-ring (bicyclic) bond motifs is 1. The molecule has 1 aromatic heterocycles. The fourth-order valence-corrected chi connectivity index (χ4v) is 3.85. The van der Waals surface area contributed by atoms with Crippen LogP contribution in [0.4, 0.5) is 13.6 Å². The number of amides is 2. The lowest BCUT2D eigenvalue weighted by molar-refractivity contribution is -0.00243. The molecule has 3 rings (SSSR count). The number of benzene rings is 1. The van der Waals surface area contributed by atoms with E-state index in [1.165, 1.54) is 0 Å². The van der Waals surface area contributed by atoms with Crippen LogP contribution in [0.15, 0.2) is 18.2 Å². The molecule has 31 heavy (non-hydrogen) atoms. The molecular weight excluding hydrogens is 430 g/mol. The van der Waals surface area contributed by atoms with Gasteiger partial charge < -0.3 is 10.5 Å². The number of carbonyl (C=O) groups is 2. The van der Waals surface area contributed by atoms with Crippen LogP contribution in [-0.2, 0) is 17.7 Å². The fraction of sp³-hybridized carbons (Fsp3) is 0.476. The van der Waals surface area contributed by atoms with E-state index in [0.29, 0.717) is 17.0 Å². The largest absolute Gasteiger partial charge is 0.444 e. The molecule has 1 atom stereocenters. The van der Waals surface area contributed by atoms with E-state index in [1.54, 1.807) is 39.0 Å². The first-order chi connectivity index (χ1) is 14.4. The van der Waals surface area contributed by atoms with Crippen molar-refractivity contribution in [3.8, 4) is 11.3 Å². The summed E-state index contributed by atoms with van der Waals surface area (Å²) in [6.45, 7) is 6.54. The van der Waals surface area contributed by atoms with Gasteiger partial charge in [0.15, 0.2) is 0 Å². The predicted molar refractivity (Wildman–Crippen MR) is 112 cm³/mol. The lowest BCUT2D eigenvalue weighted by atomic mass is 10.0. The maximum atomic E-state index is 13.9. The third-order valence-electron chi connectivity index (χ3n) is 4.97. The highest BCUT2D eigenvalue weighted by Crippen LogP contribution is 2.35. The number of aryl methyl sites for hydroxylation is 1. The van der Waals surface area contributed by atoms with Gasteiger partial charge >= 0.3 is 6.09 Å². The predicted octanol–water partition coefficient (Wildman–Crippen LogP) is 4.42. The Balaban J connectivity index is 2.12. The first kappa shape index (κ1) is 23.0. The van der Waals surface area contributed by atoms with Gasteiger partial charge in [0, 0.05) is 10.6 Å². The van der Waals surface area contributed by atoms with Gasteiger partial charge in [-0.15, -0.1) is 0 Å². The molecule has 2 N–H and O–H groups in total. The minimum Gasteiger partial charge on any atom is -0.444 e. The summed E-state index contributed by atoms with van der Waals surface area (Å²) in [5, 5.41) is 4.78. The van der Waals surface area contributed by atoms with Crippen molar-refractivity contribution in [1.82, 2.24) is 14.7 Å². The number of alkyl halides is 2. The van der Waals surface area contributed by atoms with Crippen molar-refractivity contribution in [2.24, 2.45) is 5.73 Å². The number of nitrogens with two attached hydrogens (primary N) is 1. The Morgan fingerprint density at radius 2 is 2.03 bits per heavy atom. The van der Waals surface area contributed by atoms with Crippen molar-refractivity contribution < 1.29 is 23.1 Å². The van der Waals surface area contributed by atoms with Crippen molar-refractivity contribution in [2.45, 2.75) is 58.7 Å². The Bertz CT molecular complexity index is 1020. The zero-order valence-corrected chi connectivity index (χ0v) is 18.5. The van der Waals surface area contributed by atoms with Crippen LogP contribution in [-0.4, -0.2) is 45.3 Å². The van der Waals surface area contributed by atoms with Gasteiger partial charge in [0.25, 0.3) is 12.3 Å². The minimum absolute atomic E-state index is 0.0146. The first-order valence-corrected chi connectivity index (χ1v) is 10.3. The van der Waals surface area contributed by atoms with Crippen molar-refractivity contribution >= 4 is 23.6 Å². The van der Waals surface area contributed by atoms with E-state index in [-0.39, 0.29) is 30.0 Å². The lowest BCUT2D eigenvalue weighted by Crippen LogP contribution is -2.46. The fourth-order valence-electron chi connectivity index (χ4n) is 3.54. The Labute approximate surface area is 184 Å². The third-order valence-corrected chi connectivity index (χ3v) is 5.32. The molecule has 1 aromatic carbocycles. The zero-order chi connectivity index (χ0) is 23.1. The van der Waals surface area contributed by atoms with Crippen LogP contribution >= 0.6 is 11.6 Å². The summed E-state index contributed by atoms with van der Waals surface area (Å²) in [4.78, 5) is 26.0. The molecule has 2 aromatic rings. The van der Waals surface area contributed by atoms with Crippen molar-refractivity contribution in [1.29, 1.82) is 0 Å². The molecule has 1 aliphatic heterocycles. The van der Waals surface area contributed by atoms with Gasteiger partial charge in [-0.1, -0.05) is 30.7 Å². The molecule has 0 radical (unpaired) electrons. The number of rotatable bonds is 4. The smallest absolute Gasteiger partial charge is 0.410 e. The average Bonchev–Trinajstić information content (AvgIpc) is 3.05. The van der Waals surface area contributed by atoms with Gasteiger partial charge in [-0.25, -0.2) is 13.6 Å². The summed E-state index contributed by atoms with van der Waals surface area (Å²) in [6, 6.07) is 3.69. The van der Waals surface area contributed by atoms with Gasteiger partial charge in [0.2, 0.25) is 0 Å². The van der Waals surface area contributed by atoms with Gasteiger partial charge in [0.05, 0.1) is 24.3 Å². The van der Waals surface area contributed by atoms with E-state index in [1.807, 2.05) is 6.92 Å². The Morgan fingerprint density at radius 1 is 1.35 bits per heavy atom. The Morgan fingerprint density at radius 3 is 2.55 bits per heavy atom. The second-order valence-electron chi connectivity index (χ2n) is 8.40. The minimum atomic E-state index is -2.83. The zero-order valence-electron chi connectivity index (χ0n) is 17.8. The summed E-state index contributed by atoms with van der Waals surface area (Å²) in [6.07, 6.45) is -2.87. The molecule has 1 unspecified atom stereocenters. The SMILES string of the molecule is CCc1ccc(-c2nn3c(c2C(N)=O)CN(C(=O)OC(C)(C)C)CC3C(F)F)cc1Cl. The molecule has 0 aliphatic carbocycles. The normalized spacial score (nSPS) is 16.4. The molecule has 0 spiro atoms. The molecule has 168 valence electrons. The maximum absolute atomic E-state index is 13.9. The van der Waals surface area contributed by atoms with E-state index in [4.69, 9.17) is 22.1 Å². The number of primary amides is 1. The highest BCUT2D eigenvalue weighted by atomic mass is 35.5. The highest BCUT2D eigenvalue weighted by Gasteiger charge is 2.39. The molecule has 2 amide bonds. The van der Waals surface area contributed by atoms with Gasteiger partial charge in [-0.3, -0.25) is 14.4 Å². The van der Waals surface area contributed by atoms with Gasteiger partial charge in [-0.2, -0.15) is 5.10 Å². The quantitative estimate of drug-likeness (QED) is 0.740. The number of hydrogen-bond acceptors (Lipinski definition) is 4. The molecule has 0 bridgehead atoms. The number of hydrogen-bond donors (Lipinski definition) is 1.